The molecule has 2 rings (SSSR count). The second kappa shape index (κ2) is 6.16. The molecule has 19 heavy (non-hydrogen) atoms. The van der Waals surface area contributed by atoms with Crippen molar-refractivity contribution in [1.82, 2.24) is 5.32 Å². The van der Waals surface area contributed by atoms with E-state index in [-0.39, 0.29) is 11.9 Å². The summed E-state index contributed by atoms with van der Waals surface area (Å²) in [5.41, 5.74) is 2.71. The van der Waals surface area contributed by atoms with Gasteiger partial charge in [-0.2, -0.15) is 0 Å². The molecule has 0 saturated carbocycles. The molecule has 1 unspecified atom stereocenters. The van der Waals surface area contributed by atoms with Gasteiger partial charge in [0.2, 0.25) is 0 Å². The number of nitrogens with one attached hydrogen (secondary N) is 1. The van der Waals surface area contributed by atoms with Crippen LogP contribution in [-0.4, -0.2) is 7.05 Å². The molecule has 2 aromatic rings. The van der Waals surface area contributed by atoms with Crippen molar-refractivity contribution in [1.29, 1.82) is 0 Å². The first-order chi connectivity index (χ1) is 9.02. The molecule has 0 heterocycles. The fourth-order valence-corrected chi connectivity index (χ4v) is 3.37. The zero-order valence-electron chi connectivity index (χ0n) is 10.7. The summed E-state index contributed by atoms with van der Waals surface area (Å²) in [6, 6.07) is 10.9. The van der Waals surface area contributed by atoms with Crippen LogP contribution in [0.25, 0.3) is 0 Å². The monoisotopic (exact) mass is 385 g/mol. The van der Waals surface area contributed by atoms with Crippen LogP contribution in [0.1, 0.15) is 22.7 Å². The summed E-state index contributed by atoms with van der Waals surface area (Å²) in [5, 5.41) is 3.18. The van der Waals surface area contributed by atoms with E-state index in [4.69, 9.17) is 0 Å². The third kappa shape index (κ3) is 3.25. The van der Waals surface area contributed by atoms with Crippen molar-refractivity contribution in [2.45, 2.75) is 13.0 Å². The molecule has 1 nitrogen and oxygen atoms in total. The number of benzene rings is 2. The summed E-state index contributed by atoms with van der Waals surface area (Å²) in [6.45, 7) is 1.96. The van der Waals surface area contributed by atoms with E-state index in [9.17, 15) is 4.39 Å². The highest BCUT2D eigenvalue weighted by Gasteiger charge is 2.18. The maximum absolute atomic E-state index is 14.0. The summed E-state index contributed by atoms with van der Waals surface area (Å²) in [5.74, 6) is -0.195. The fourth-order valence-electron chi connectivity index (χ4n) is 2.10. The van der Waals surface area contributed by atoms with Crippen LogP contribution in [0.3, 0.4) is 0 Å². The van der Waals surface area contributed by atoms with Gasteiger partial charge in [-0.3, -0.25) is 0 Å². The molecular weight excluding hydrogens is 373 g/mol. The van der Waals surface area contributed by atoms with Crippen LogP contribution in [0.2, 0.25) is 0 Å². The molecule has 0 spiro atoms. The third-order valence-corrected chi connectivity index (χ3v) is 4.20. The summed E-state index contributed by atoms with van der Waals surface area (Å²) in [7, 11) is 1.83. The lowest BCUT2D eigenvalue weighted by molar-refractivity contribution is 0.575. The first kappa shape index (κ1) is 14.7. The molecule has 0 aliphatic heterocycles. The molecule has 0 radical (unpaired) electrons. The lowest BCUT2D eigenvalue weighted by Gasteiger charge is -2.20. The Balaban J connectivity index is 2.52. The molecule has 4 heteroatoms. The van der Waals surface area contributed by atoms with Crippen molar-refractivity contribution < 1.29 is 4.39 Å². The van der Waals surface area contributed by atoms with E-state index < -0.39 is 0 Å². The van der Waals surface area contributed by atoms with E-state index in [0.29, 0.717) is 5.56 Å². The molecule has 1 N–H and O–H groups in total. The summed E-state index contributed by atoms with van der Waals surface area (Å²) in [4.78, 5) is 0. The molecular formula is C15H14Br2FN. The highest BCUT2D eigenvalue weighted by Crippen LogP contribution is 2.32. The maximum atomic E-state index is 14.0. The van der Waals surface area contributed by atoms with Crippen molar-refractivity contribution in [2.24, 2.45) is 0 Å². The Morgan fingerprint density at radius 3 is 2.42 bits per heavy atom. The zero-order chi connectivity index (χ0) is 14.0. The molecule has 0 amide bonds. The first-order valence-corrected chi connectivity index (χ1v) is 7.50. The average Bonchev–Trinajstić information content (AvgIpc) is 2.36. The van der Waals surface area contributed by atoms with Gasteiger partial charge in [0.1, 0.15) is 5.82 Å². The highest BCUT2D eigenvalue weighted by atomic mass is 79.9. The quantitative estimate of drug-likeness (QED) is 0.785. The number of aryl methyl sites for hydroxylation is 1. The average molecular weight is 387 g/mol. The Hall–Kier alpha value is -0.710. The molecule has 0 fully saturated rings. The smallest absolute Gasteiger partial charge is 0.128 e. The lowest BCUT2D eigenvalue weighted by atomic mass is 9.97. The van der Waals surface area contributed by atoms with Crippen LogP contribution in [0.5, 0.6) is 0 Å². The van der Waals surface area contributed by atoms with Crippen LogP contribution in [-0.2, 0) is 0 Å². The minimum absolute atomic E-state index is 0.178. The van der Waals surface area contributed by atoms with Gasteiger partial charge in [-0.05, 0) is 37.7 Å². The van der Waals surface area contributed by atoms with Gasteiger partial charge in [0.25, 0.3) is 0 Å². The van der Waals surface area contributed by atoms with Gasteiger partial charge in [-0.15, -0.1) is 0 Å². The molecule has 1 atom stereocenters. The Morgan fingerprint density at radius 2 is 1.79 bits per heavy atom. The van der Waals surface area contributed by atoms with Crippen LogP contribution in [0.15, 0.2) is 45.3 Å². The van der Waals surface area contributed by atoms with Gasteiger partial charge in [-0.25, -0.2) is 4.39 Å². The summed E-state index contributed by atoms with van der Waals surface area (Å²) >= 11 is 6.96. The van der Waals surface area contributed by atoms with E-state index in [2.05, 4.69) is 37.2 Å². The van der Waals surface area contributed by atoms with Gasteiger partial charge in [0, 0.05) is 14.5 Å². The SMILES string of the molecule is CNC(c1cc(C)ccc1F)c1ccc(Br)cc1Br. The van der Waals surface area contributed by atoms with E-state index in [1.54, 1.807) is 6.07 Å². The van der Waals surface area contributed by atoms with Crippen molar-refractivity contribution >= 4 is 31.9 Å². The van der Waals surface area contributed by atoms with Gasteiger partial charge in [0.05, 0.1) is 6.04 Å². The molecule has 0 bridgehead atoms. The van der Waals surface area contributed by atoms with Crippen LogP contribution in [0.4, 0.5) is 4.39 Å². The van der Waals surface area contributed by atoms with E-state index >= 15 is 0 Å². The molecule has 0 aliphatic rings. The Labute approximate surface area is 129 Å². The zero-order valence-corrected chi connectivity index (χ0v) is 13.8. The number of hydrogen-bond acceptors (Lipinski definition) is 1. The van der Waals surface area contributed by atoms with E-state index in [1.807, 2.05) is 38.2 Å². The van der Waals surface area contributed by atoms with Crippen LogP contribution >= 0.6 is 31.9 Å². The van der Waals surface area contributed by atoms with E-state index in [1.165, 1.54) is 6.07 Å². The molecule has 0 saturated heterocycles. The lowest BCUT2D eigenvalue weighted by Crippen LogP contribution is -2.19. The number of hydrogen-bond donors (Lipinski definition) is 1. The number of rotatable bonds is 3. The summed E-state index contributed by atoms with van der Waals surface area (Å²) < 4.78 is 16.0. The van der Waals surface area contributed by atoms with Crippen LogP contribution < -0.4 is 5.32 Å². The second-order valence-corrected chi connectivity index (χ2v) is 6.18. The van der Waals surface area contributed by atoms with Crippen molar-refractivity contribution in [3.8, 4) is 0 Å². The standard InChI is InChI=1S/C15H14Br2FN/c1-9-3-6-14(18)12(7-9)15(19-2)11-5-4-10(16)8-13(11)17/h3-8,15,19H,1-2H3. The van der Waals surface area contributed by atoms with Crippen molar-refractivity contribution in [3.05, 3.63) is 67.9 Å². The maximum Gasteiger partial charge on any atom is 0.128 e. The largest absolute Gasteiger partial charge is 0.309 e. The molecule has 2 aromatic carbocycles. The normalized spacial score (nSPS) is 12.5. The molecule has 100 valence electrons. The first-order valence-electron chi connectivity index (χ1n) is 5.91. The highest BCUT2D eigenvalue weighted by molar-refractivity contribution is 9.11. The minimum atomic E-state index is -0.195. The summed E-state index contributed by atoms with van der Waals surface area (Å²) in [6.07, 6.45) is 0. The Morgan fingerprint density at radius 1 is 1.05 bits per heavy atom. The Kier molecular flexibility index (Phi) is 4.76. The third-order valence-electron chi connectivity index (χ3n) is 3.02. The fraction of sp³-hybridized carbons (Fsp3) is 0.200. The second-order valence-electron chi connectivity index (χ2n) is 4.41. The van der Waals surface area contributed by atoms with E-state index in [0.717, 1.165) is 20.1 Å². The van der Waals surface area contributed by atoms with Crippen LogP contribution in [0, 0.1) is 12.7 Å². The van der Waals surface area contributed by atoms with Crippen molar-refractivity contribution in [2.75, 3.05) is 7.05 Å². The van der Waals surface area contributed by atoms with Gasteiger partial charge in [-0.1, -0.05) is 55.6 Å². The van der Waals surface area contributed by atoms with Gasteiger partial charge >= 0.3 is 0 Å². The topological polar surface area (TPSA) is 12.0 Å². The van der Waals surface area contributed by atoms with Gasteiger partial charge in [0.15, 0.2) is 0 Å². The van der Waals surface area contributed by atoms with Crippen molar-refractivity contribution in [3.63, 3.8) is 0 Å². The molecule has 0 aliphatic carbocycles. The molecule has 0 aromatic heterocycles. The minimum Gasteiger partial charge on any atom is -0.309 e. The predicted octanol–water partition coefficient (Wildman–Crippen LogP) is 4.97. The predicted molar refractivity (Wildman–Crippen MR) is 83.9 cm³/mol. The Bertz CT molecular complexity index is 599. The number of halogens is 3. The van der Waals surface area contributed by atoms with Gasteiger partial charge < -0.3 is 5.32 Å².